The van der Waals surface area contributed by atoms with Gasteiger partial charge in [-0.05, 0) is 19.1 Å². The van der Waals surface area contributed by atoms with Crippen LogP contribution in [0.4, 0.5) is 0 Å². The molecule has 1 atom stereocenters. The summed E-state index contributed by atoms with van der Waals surface area (Å²) in [6.45, 7) is 2.73. The molecule has 1 unspecified atom stereocenters. The normalized spacial score (nSPS) is 12.1. The minimum absolute atomic E-state index is 0.0361. The van der Waals surface area contributed by atoms with E-state index in [9.17, 15) is 4.79 Å². The van der Waals surface area contributed by atoms with E-state index >= 15 is 0 Å². The van der Waals surface area contributed by atoms with Gasteiger partial charge in [0.1, 0.15) is 6.61 Å². The molecule has 1 aromatic rings. The monoisotopic (exact) mass is 223 g/mol. The first-order valence-corrected chi connectivity index (χ1v) is 5.22. The molecule has 0 radical (unpaired) electrons. The smallest absolute Gasteiger partial charge is 0.246 e. The van der Waals surface area contributed by atoms with E-state index in [1.165, 1.54) is 0 Å². The Balaban J connectivity index is 2.34. The number of hydrogen-bond donors (Lipinski definition) is 2. The van der Waals surface area contributed by atoms with Crippen LogP contribution in [0.5, 0.6) is 0 Å². The lowest BCUT2D eigenvalue weighted by Crippen LogP contribution is -2.31. The summed E-state index contributed by atoms with van der Waals surface area (Å²) in [5, 5.41) is 2.79. The number of hydrogen-bond acceptors (Lipinski definition) is 4. The molecule has 3 N–H and O–H groups in total. The highest BCUT2D eigenvalue weighted by molar-refractivity contribution is 5.77. The zero-order valence-corrected chi connectivity index (χ0v) is 9.35. The van der Waals surface area contributed by atoms with Gasteiger partial charge in [0, 0.05) is 12.7 Å². The Kier molecular flexibility index (Phi) is 5.45. The number of ether oxygens (including phenoxy) is 1. The van der Waals surface area contributed by atoms with Crippen LogP contribution in [0.25, 0.3) is 0 Å². The summed E-state index contributed by atoms with van der Waals surface area (Å²) in [7, 11) is 0. The SMILES string of the molecule is CC(NC(=O)COCCN)c1ccccn1. The summed E-state index contributed by atoms with van der Waals surface area (Å²) >= 11 is 0. The predicted molar refractivity (Wildman–Crippen MR) is 60.7 cm³/mol. The van der Waals surface area contributed by atoms with Gasteiger partial charge in [0.25, 0.3) is 0 Å². The third kappa shape index (κ3) is 4.37. The minimum Gasteiger partial charge on any atom is -0.370 e. The first kappa shape index (κ1) is 12.6. The number of amides is 1. The number of carbonyl (C=O) groups is 1. The molecule has 0 aliphatic rings. The maximum absolute atomic E-state index is 11.4. The van der Waals surface area contributed by atoms with Crippen LogP contribution in [0, 0.1) is 0 Å². The molecule has 0 fully saturated rings. The Morgan fingerprint density at radius 1 is 1.62 bits per heavy atom. The molecule has 88 valence electrons. The highest BCUT2D eigenvalue weighted by atomic mass is 16.5. The Morgan fingerprint density at radius 3 is 3.06 bits per heavy atom. The van der Waals surface area contributed by atoms with Crippen molar-refractivity contribution in [1.82, 2.24) is 10.3 Å². The highest BCUT2D eigenvalue weighted by Gasteiger charge is 2.09. The third-order valence-electron chi connectivity index (χ3n) is 2.00. The number of nitrogens with two attached hydrogens (primary N) is 1. The average molecular weight is 223 g/mol. The number of carbonyl (C=O) groups excluding carboxylic acids is 1. The first-order valence-electron chi connectivity index (χ1n) is 5.22. The largest absolute Gasteiger partial charge is 0.370 e. The highest BCUT2D eigenvalue weighted by Crippen LogP contribution is 2.07. The van der Waals surface area contributed by atoms with Crippen molar-refractivity contribution in [2.75, 3.05) is 19.8 Å². The van der Waals surface area contributed by atoms with E-state index in [2.05, 4.69) is 10.3 Å². The van der Waals surface area contributed by atoms with E-state index in [4.69, 9.17) is 10.5 Å². The van der Waals surface area contributed by atoms with Crippen molar-refractivity contribution >= 4 is 5.91 Å². The molecule has 0 saturated carbocycles. The number of rotatable bonds is 6. The van der Waals surface area contributed by atoms with Crippen molar-refractivity contribution in [2.45, 2.75) is 13.0 Å². The summed E-state index contributed by atoms with van der Waals surface area (Å²) < 4.78 is 5.02. The van der Waals surface area contributed by atoms with Gasteiger partial charge in [0.05, 0.1) is 18.3 Å². The fraction of sp³-hybridized carbons (Fsp3) is 0.455. The Bertz CT molecular complexity index is 316. The standard InChI is InChI=1S/C11H17N3O2/c1-9(10-4-2-3-6-13-10)14-11(15)8-16-7-5-12/h2-4,6,9H,5,7-8,12H2,1H3,(H,14,15). The van der Waals surface area contributed by atoms with Crippen molar-refractivity contribution in [2.24, 2.45) is 5.73 Å². The summed E-state index contributed by atoms with van der Waals surface area (Å²) in [5.74, 6) is -0.161. The van der Waals surface area contributed by atoms with Gasteiger partial charge >= 0.3 is 0 Å². The van der Waals surface area contributed by atoms with Crippen molar-refractivity contribution in [1.29, 1.82) is 0 Å². The molecule has 0 aromatic carbocycles. The lowest BCUT2D eigenvalue weighted by atomic mass is 10.2. The Labute approximate surface area is 95.0 Å². The molecule has 1 aromatic heterocycles. The molecule has 0 aliphatic carbocycles. The molecule has 1 rings (SSSR count). The molecule has 0 bridgehead atoms. The van der Waals surface area contributed by atoms with Gasteiger partial charge < -0.3 is 15.8 Å². The van der Waals surface area contributed by atoms with Crippen molar-refractivity contribution in [3.05, 3.63) is 30.1 Å². The lowest BCUT2D eigenvalue weighted by Gasteiger charge is -2.13. The number of nitrogens with zero attached hydrogens (tertiary/aromatic N) is 1. The van der Waals surface area contributed by atoms with E-state index in [0.717, 1.165) is 5.69 Å². The Hall–Kier alpha value is -1.46. The molecule has 1 heterocycles. The molecule has 5 nitrogen and oxygen atoms in total. The molecule has 0 spiro atoms. The van der Waals surface area contributed by atoms with Gasteiger partial charge in [-0.2, -0.15) is 0 Å². The second-order valence-corrected chi connectivity index (χ2v) is 3.39. The van der Waals surface area contributed by atoms with Gasteiger partial charge in [-0.25, -0.2) is 0 Å². The van der Waals surface area contributed by atoms with Crippen molar-refractivity contribution in [3.63, 3.8) is 0 Å². The number of pyridine rings is 1. The summed E-state index contributed by atoms with van der Waals surface area (Å²) in [6.07, 6.45) is 1.70. The summed E-state index contributed by atoms with van der Waals surface area (Å²) in [4.78, 5) is 15.5. The molecular formula is C11H17N3O2. The molecular weight excluding hydrogens is 206 g/mol. The van der Waals surface area contributed by atoms with Crippen molar-refractivity contribution < 1.29 is 9.53 Å². The molecule has 0 saturated heterocycles. The van der Waals surface area contributed by atoms with Gasteiger partial charge in [0.2, 0.25) is 5.91 Å². The topological polar surface area (TPSA) is 77.2 Å². The maximum Gasteiger partial charge on any atom is 0.246 e. The molecule has 5 heteroatoms. The van der Waals surface area contributed by atoms with Crippen LogP contribution in [0.1, 0.15) is 18.7 Å². The summed E-state index contributed by atoms with van der Waals surface area (Å²) in [5.41, 5.74) is 6.07. The fourth-order valence-corrected chi connectivity index (χ4v) is 1.24. The average Bonchev–Trinajstić information content (AvgIpc) is 2.30. The number of aromatic nitrogens is 1. The second-order valence-electron chi connectivity index (χ2n) is 3.39. The molecule has 1 amide bonds. The van der Waals surface area contributed by atoms with Gasteiger partial charge in [-0.3, -0.25) is 9.78 Å². The minimum atomic E-state index is -0.161. The lowest BCUT2D eigenvalue weighted by molar-refractivity contribution is -0.126. The van der Waals surface area contributed by atoms with Crippen LogP contribution in [0.3, 0.4) is 0 Å². The first-order chi connectivity index (χ1) is 7.74. The van der Waals surface area contributed by atoms with E-state index in [0.29, 0.717) is 13.2 Å². The molecule has 16 heavy (non-hydrogen) atoms. The maximum atomic E-state index is 11.4. The van der Waals surface area contributed by atoms with Crippen LogP contribution in [0.2, 0.25) is 0 Å². The van der Waals surface area contributed by atoms with Crippen LogP contribution in [0.15, 0.2) is 24.4 Å². The Morgan fingerprint density at radius 2 is 2.44 bits per heavy atom. The van der Waals surface area contributed by atoms with Gasteiger partial charge in [-0.15, -0.1) is 0 Å². The van der Waals surface area contributed by atoms with E-state index in [-0.39, 0.29) is 18.6 Å². The second kappa shape index (κ2) is 6.92. The zero-order chi connectivity index (χ0) is 11.8. The van der Waals surface area contributed by atoms with Gasteiger partial charge in [-0.1, -0.05) is 6.07 Å². The van der Waals surface area contributed by atoms with Gasteiger partial charge in [0.15, 0.2) is 0 Å². The van der Waals surface area contributed by atoms with E-state index in [1.807, 2.05) is 25.1 Å². The quantitative estimate of drug-likeness (QED) is 0.677. The summed E-state index contributed by atoms with van der Waals surface area (Å²) in [6, 6.07) is 5.47. The third-order valence-corrected chi connectivity index (χ3v) is 2.00. The van der Waals surface area contributed by atoms with Crippen LogP contribution < -0.4 is 11.1 Å². The van der Waals surface area contributed by atoms with E-state index < -0.39 is 0 Å². The molecule has 0 aliphatic heterocycles. The van der Waals surface area contributed by atoms with Crippen LogP contribution in [-0.2, 0) is 9.53 Å². The van der Waals surface area contributed by atoms with Crippen LogP contribution >= 0.6 is 0 Å². The number of nitrogens with one attached hydrogen (secondary N) is 1. The zero-order valence-electron chi connectivity index (χ0n) is 9.35. The predicted octanol–water partition coefficient (Wildman–Crippen LogP) is 0.234. The fourth-order valence-electron chi connectivity index (χ4n) is 1.24. The van der Waals surface area contributed by atoms with Crippen molar-refractivity contribution in [3.8, 4) is 0 Å². The van der Waals surface area contributed by atoms with Crippen LogP contribution in [-0.4, -0.2) is 30.6 Å². The van der Waals surface area contributed by atoms with E-state index in [1.54, 1.807) is 6.20 Å².